The molecule has 6 heteroatoms. The minimum absolute atomic E-state index is 0.0251. The summed E-state index contributed by atoms with van der Waals surface area (Å²) in [5.74, 6) is -0.263. The Kier molecular flexibility index (Phi) is 8.48. The van der Waals surface area contributed by atoms with Crippen LogP contribution in [0.15, 0.2) is 24.3 Å². The molecule has 1 unspecified atom stereocenters. The van der Waals surface area contributed by atoms with Crippen molar-refractivity contribution in [1.29, 1.82) is 0 Å². The lowest BCUT2D eigenvalue weighted by Gasteiger charge is -2.33. The Balaban J connectivity index is 1.77. The summed E-state index contributed by atoms with van der Waals surface area (Å²) < 4.78 is 0. The molecule has 0 spiro atoms. The van der Waals surface area contributed by atoms with Crippen molar-refractivity contribution < 1.29 is 14.4 Å². The second-order valence-electron chi connectivity index (χ2n) is 7.66. The average molecular weight is 388 g/mol. The summed E-state index contributed by atoms with van der Waals surface area (Å²) in [6, 6.07) is 6.71. The molecule has 28 heavy (non-hydrogen) atoms. The van der Waals surface area contributed by atoms with E-state index in [1.807, 2.05) is 19.1 Å². The summed E-state index contributed by atoms with van der Waals surface area (Å²) >= 11 is 0. The Morgan fingerprint density at radius 1 is 1.18 bits per heavy atom. The van der Waals surface area contributed by atoms with Gasteiger partial charge in [0.15, 0.2) is 0 Å². The number of rotatable bonds is 8. The molecule has 1 aliphatic heterocycles. The molecule has 1 heterocycles. The fourth-order valence-corrected chi connectivity index (χ4v) is 3.49. The number of aryl methyl sites for hydroxylation is 1. The molecule has 0 saturated carbocycles. The number of hydrogen-bond donors (Lipinski definition) is 2. The van der Waals surface area contributed by atoms with E-state index in [2.05, 4.69) is 17.6 Å². The van der Waals surface area contributed by atoms with E-state index in [4.69, 9.17) is 0 Å². The summed E-state index contributed by atoms with van der Waals surface area (Å²) in [5, 5.41) is 5.79. The molecule has 1 aromatic carbocycles. The largest absolute Gasteiger partial charge is 0.356 e. The van der Waals surface area contributed by atoms with Crippen LogP contribution in [-0.2, 0) is 9.59 Å². The normalized spacial score (nSPS) is 15.8. The van der Waals surface area contributed by atoms with Gasteiger partial charge in [-0.25, -0.2) is 0 Å². The number of hydrogen-bond acceptors (Lipinski definition) is 3. The third kappa shape index (κ3) is 6.36. The predicted octanol–water partition coefficient (Wildman–Crippen LogP) is 2.66. The molecular formula is C22H33N3O3. The van der Waals surface area contributed by atoms with E-state index in [0.717, 1.165) is 31.4 Å². The number of carbonyl (C=O) groups is 3. The number of likely N-dealkylation sites (tertiary alicyclic amines) is 1. The van der Waals surface area contributed by atoms with Crippen LogP contribution < -0.4 is 10.6 Å². The molecule has 2 rings (SSSR count). The Bertz CT molecular complexity index is 681. The van der Waals surface area contributed by atoms with Crippen LogP contribution in [0.5, 0.6) is 0 Å². The third-order valence-corrected chi connectivity index (χ3v) is 5.26. The summed E-state index contributed by atoms with van der Waals surface area (Å²) in [7, 11) is 0. The smallest absolute Gasteiger partial charge is 0.251 e. The number of nitrogens with one attached hydrogen (secondary N) is 2. The fourth-order valence-electron chi connectivity index (χ4n) is 3.49. The van der Waals surface area contributed by atoms with Gasteiger partial charge in [-0.05, 0) is 45.2 Å². The van der Waals surface area contributed by atoms with E-state index in [1.165, 1.54) is 0 Å². The summed E-state index contributed by atoms with van der Waals surface area (Å²) in [5.41, 5.74) is 1.56. The molecule has 0 aromatic heterocycles. The van der Waals surface area contributed by atoms with Crippen LogP contribution in [-0.4, -0.2) is 48.3 Å². The van der Waals surface area contributed by atoms with Gasteiger partial charge in [0.1, 0.15) is 6.04 Å². The second-order valence-corrected chi connectivity index (χ2v) is 7.66. The van der Waals surface area contributed by atoms with Gasteiger partial charge in [-0.15, -0.1) is 0 Å². The molecule has 0 bridgehead atoms. The van der Waals surface area contributed by atoms with Gasteiger partial charge in [0, 0.05) is 31.1 Å². The SMILES string of the molecule is CCCCCNC(=O)C1CCN(C(=O)C(C)NC(=O)c2cccc(C)c2)CC1. The fraction of sp³-hybridized carbons (Fsp3) is 0.591. The van der Waals surface area contributed by atoms with Gasteiger partial charge < -0.3 is 15.5 Å². The van der Waals surface area contributed by atoms with E-state index >= 15 is 0 Å². The number of piperidine rings is 1. The zero-order valence-electron chi connectivity index (χ0n) is 17.3. The molecule has 1 aromatic rings. The van der Waals surface area contributed by atoms with Crippen molar-refractivity contribution in [2.24, 2.45) is 5.92 Å². The Morgan fingerprint density at radius 3 is 2.54 bits per heavy atom. The average Bonchev–Trinajstić information content (AvgIpc) is 2.70. The van der Waals surface area contributed by atoms with Crippen molar-refractivity contribution in [2.45, 2.75) is 58.9 Å². The first-order valence-corrected chi connectivity index (χ1v) is 10.4. The van der Waals surface area contributed by atoms with Crippen LogP contribution in [0.1, 0.15) is 61.9 Å². The van der Waals surface area contributed by atoms with E-state index in [9.17, 15) is 14.4 Å². The molecule has 1 atom stereocenters. The molecule has 6 nitrogen and oxygen atoms in total. The van der Waals surface area contributed by atoms with Crippen LogP contribution >= 0.6 is 0 Å². The molecule has 0 radical (unpaired) electrons. The van der Waals surface area contributed by atoms with Gasteiger partial charge >= 0.3 is 0 Å². The van der Waals surface area contributed by atoms with E-state index in [0.29, 0.717) is 31.5 Å². The second kappa shape index (κ2) is 10.8. The zero-order chi connectivity index (χ0) is 20.5. The molecule has 1 fully saturated rings. The van der Waals surface area contributed by atoms with Gasteiger partial charge in [-0.2, -0.15) is 0 Å². The van der Waals surface area contributed by atoms with Gasteiger partial charge in [0.25, 0.3) is 5.91 Å². The molecule has 154 valence electrons. The first kappa shape index (κ1) is 21.9. The van der Waals surface area contributed by atoms with Crippen LogP contribution in [0.2, 0.25) is 0 Å². The van der Waals surface area contributed by atoms with Gasteiger partial charge in [0.2, 0.25) is 11.8 Å². The Labute approximate surface area is 168 Å². The maximum absolute atomic E-state index is 12.7. The molecule has 0 aliphatic carbocycles. The number of benzene rings is 1. The van der Waals surface area contributed by atoms with E-state index in [-0.39, 0.29) is 23.6 Å². The monoisotopic (exact) mass is 387 g/mol. The standard InChI is InChI=1S/C22H33N3O3/c1-4-5-6-12-23-20(26)18-10-13-25(14-11-18)22(28)17(3)24-21(27)19-9-7-8-16(2)15-19/h7-9,15,17-18H,4-6,10-14H2,1-3H3,(H,23,26)(H,24,27). The van der Waals surface area contributed by atoms with Crippen molar-refractivity contribution in [3.63, 3.8) is 0 Å². The van der Waals surface area contributed by atoms with Crippen LogP contribution in [0, 0.1) is 12.8 Å². The Hall–Kier alpha value is -2.37. The van der Waals surface area contributed by atoms with Gasteiger partial charge in [0.05, 0.1) is 0 Å². The highest BCUT2D eigenvalue weighted by molar-refractivity contribution is 5.97. The first-order chi connectivity index (χ1) is 13.4. The van der Waals surface area contributed by atoms with Crippen LogP contribution in [0.25, 0.3) is 0 Å². The number of carbonyl (C=O) groups excluding carboxylic acids is 3. The third-order valence-electron chi connectivity index (χ3n) is 5.26. The Morgan fingerprint density at radius 2 is 1.89 bits per heavy atom. The maximum atomic E-state index is 12.7. The first-order valence-electron chi connectivity index (χ1n) is 10.4. The van der Waals surface area contributed by atoms with Crippen molar-refractivity contribution in [2.75, 3.05) is 19.6 Å². The maximum Gasteiger partial charge on any atom is 0.251 e. The summed E-state index contributed by atoms with van der Waals surface area (Å²) in [6.45, 7) is 7.61. The number of amides is 3. The molecule has 2 N–H and O–H groups in total. The zero-order valence-corrected chi connectivity index (χ0v) is 17.3. The summed E-state index contributed by atoms with van der Waals surface area (Å²) in [6.07, 6.45) is 4.61. The predicted molar refractivity (Wildman–Crippen MR) is 110 cm³/mol. The van der Waals surface area contributed by atoms with Crippen molar-refractivity contribution in [1.82, 2.24) is 15.5 Å². The number of unbranched alkanes of at least 4 members (excludes halogenated alkanes) is 2. The van der Waals surface area contributed by atoms with Crippen LogP contribution in [0.3, 0.4) is 0 Å². The molecule has 1 aliphatic rings. The number of nitrogens with zero attached hydrogens (tertiary/aromatic N) is 1. The minimum Gasteiger partial charge on any atom is -0.356 e. The highest BCUT2D eigenvalue weighted by Gasteiger charge is 2.29. The lowest BCUT2D eigenvalue weighted by Crippen LogP contribution is -2.50. The quantitative estimate of drug-likeness (QED) is 0.673. The lowest BCUT2D eigenvalue weighted by atomic mass is 9.95. The topological polar surface area (TPSA) is 78.5 Å². The molecule has 3 amide bonds. The van der Waals surface area contributed by atoms with Gasteiger partial charge in [-0.3, -0.25) is 14.4 Å². The van der Waals surface area contributed by atoms with Gasteiger partial charge in [-0.1, -0.05) is 37.5 Å². The van der Waals surface area contributed by atoms with E-state index in [1.54, 1.807) is 24.0 Å². The van der Waals surface area contributed by atoms with Crippen molar-refractivity contribution >= 4 is 17.7 Å². The highest BCUT2D eigenvalue weighted by atomic mass is 16.2. The highest BCUT2D eigenvalue weighted by Crippen LogP contribution is 2.18. The lowest BCUT2D eigenvalue weighted by molar-refractivity contribution is -0.136. The summed E-state index contributed by atoms with van der Waals surface area (Å²) in [4.78, 5) is 39.0. The molecular weight excluding hydrogens is 354 g/mol. The van der Waals surface area contributed by atoms with E-state index < -0.39 is 6.04 Å². The van der Waals surface area contributed by atoms with Crippen molar-refractivity contribution in [3.05, 3.63) is 35.4 Å². The van der Waals surface area contributed by atoms with Crippen LogP contribution in [0.4, 0.5) is 0 Å². The van der Waals surface area contributed by atoms with Crippen molar-refractivity contribution in [3.8, 4) is 0 Å². The minimum atomic E-state index is -0.590. The molecule has 1 saturated heterocycles.